The summed E-state index contributed by atoms with van der Waals surface area (Å²) in [4.78, 5) is 17.2. The summed E-state index contributed by atoms with van der Waals surface area (Å²) in [6.45, 7) is 3.45. The highest BCUT2D eigenvalue weighted by Crippen LogP contribution is 2.35. The highest BCUT2D eigenvalue weighted by Gasteiger charge is 2.40. The van der Waals surface area contributed by atoms with Crippen molar-refractivity contribution >= 4 is 33.1 Å². The first-order valence-corrected chi connectivity index (χ1v) is 10.0. The van der Waals surface area contributed by atoms with Crippen LogP contribution in [0.3, 0.4) is 0 Å². The van der Waals surface area contributed by atoms with Gasteiger partial charge in [-0.05, 0) is 37.1 Å². The fourth-order valence-electron chi connectivity index (χ4n) is 3.12. The van der Waals surface area contributed by atoms with Crippen molar-refractivity contribution in [1.82, 2.24) is 4.98 Å². The summed E-state index contributed by atoms with van der Waals surface area (Å²) in [5, 5.41) is 5.77. The minimum Gasteiger partial charge on any atom is -0.371 e. The Kier molecular flexibility index (Phi) is 4.86. The SMILES string of the molecule is CCS(=O)(=O)N1c2ccccc2CC1C(=O)Nc1cc(C)cnc1NC. The van der Waals surface area contributed by atoms with E-state index in [1.54, 1.807) is 38.4 Å². The zero-order chi connectivity index (χ0) is 18.9. The fourth-order valence-corrected chi connectivity index (χ4v) is 4.43. The van der Waals surface area contributed by atoms with Gasteiger partial charge in [-0.1, -0.05) is 18.2 Å². The molecule has 0 radical (unpaired) electrons. The van der Waals surface area contributed by atoms with E-state index in [1.807, 2.05) is 19.1 Å². The van der Waals surface area contributed by atoms with E-state index in [2.05, 4.69) is 15.6 Å². The van der Waals surface area contributed by atoms with Crippen molar-refractivity contribution in [2.24, 2.45) is 0 Å². The number of carbonyl (C=O) groups is 1. The molecule has 1 amide bonds. The summed E-state index contributed by atoms with van der Waals surface area (Å²) in [7, 11) is -1.87. The third-order valence-corrected chi connectivity index (χ3v) is 6.19. The number of nitrogens with one attached hydrogen (secondary N) is 2. The van der Waals surface area contributed by atoms with Gasteiger partial charge in [-0.2, -0.15) is 0 Å². The molecule has 2 aromatic rings. The van der Waals surface area contributed by atoms with Crippen molar-refractivity contribution in [1.29, 1.82) is 0 Å². The third-order valence-electron chi connectivity index (χ3n) is 4.41. The molecule has 1 unspecified atom stereocenters. The van der Waals surface area contributed by atoms with Crippen molar-refractivity contribution in [3.05, 3.63) is 47.7 Å². The number of amides is 1. The molecule has 1 aliphatic heterocycles. The zero-order valence-corrected chi connectivity index (χ0v) is 15.8. The van der Waals surface area contributed by atoms with Gasteiger partial charge in [0.15, 0.2) is 0 Å². The smallest absolute Gasteiger partial charge is 0.248 e. The maximum Gasteiger partial charge on any atom is 0.248 e. The number of hydrogen-bond donors (Lipinski definition) is 2. The third kappa shape index (κ3) is 3.24. The Morgan fingerprint density at radius 3 is 2.77 bits per heavy atom. The van der Waals surface area contributed by atoms with Gasteiger partial charge in [0.1, 0.15) is 11.9 Å². The number of benzene rings is 1. The Morgan fingerprint density at radius 1 is 1.35 bits per heavy atom. The van der Waals surface area contributed by atoms with Gasteiger partial charge >= 0.3 is 0 Å². The van der Waals surface area contributed by atoms with Gasteiger partial charge in [0.25, 0.3) is 0 Å². The highest BCUT2D eigenvalue weighted by atomic mass is 32.2. The van der Waals surface area contributed by atoms with Crippen LogP contribution in [-0.2, 0) is 21.2 Å². The number of aromatic nitrogens is 1. The molecule has 1 aliphatic rings. The summed E-state index contributed by atoms with van der Waals surface area (Å²) in [5.41, 5.74) is 2.85. The Bertz CT molecular complexity index is 943. The van der Waals surface area contributed by atoms with Crippen LogP contribution >= 0.6 is 0 Å². The summed E-state index contributed by atoms with van der Waals surface area (Å²) < 4.78 is 26.5. The minimum atomic E-state index is -3.58. The van der Waals surface area contributed by atoms with Crippen LogP contribution in [0.5, 0.6) is 0 Å². The fraction of sp³-hybridized carbons (Fsp3) is 0.333. The molecule has 7 nitrogen and oxygen atoms in total. The average molecular weight is 374 g/mol. The molecule has 26 heavy (non-hydrogen) atoms. The Balaban J connectivity index is 1.96. The van der Waals surface area contributed by atoms with E-state index in [-0.39, 0.29) is 11.7 Å². The van der Waals surface area contributed by atoms with Gasteiger partial charge in [-0.3, -0.25) is 9.10 Å². The lowest BCUT2D eigenvalue weighted by atomic mass is 10.1. The molecule has 0 fully saturated rings. The lowest BCUT2D eigenvalue weighted by molar-refractivity contribution is -0.117. The molecule has 2 N–H and O–H groups in total. The van der Waals surface area contributed by atoms with Crippen molar-refractivity contribution in [2.45, 2.75) is 26.3 Å². The van der Waals surface area contributed by atoms with Gasteiger partial charge in [0.05, 0.1) is 17.1 Å². The number of para-hydroxylation sites is 1. The lowest BCUT2D eigenvalue weighted by Gasteiger charge is -2.26. The standard InChI is InChI=1S/C18H22N4O3S/c1-4-26(24,25)22-15-8-6-5-7-13(15)10-16(22)18(23)21-14-9-12(2)11-20-17(14)19-3/h5-9,11,16H,4,10H2,1-3H3,(H,19,20)(H,21,23). The molecular formula is C18H22N4O3S. The van der Waals surface area contributed by atoms with Crippen LogP contribution in [-0.4, -0.2) is 38.2 Å². The minimum absolute atomic E-state index is 0.0706. The van der Waals surface area contributed by atoms with Crippen molar-refractivity contribution in [2.75, 3.05) is 27.7 Å². The monoisotopic (exact) mass is 374 g/mol. The van der Waals surface area contributed by atoms with Crippen LogP contribution in [0, 0.1) is 6.92 Å². The molecule has 0 saturated heterocycles. The number of nitrogens with zero attached hydrogens (tertiary/aromatic N) is 2. The van der Waals surface area contributed by atoms with E-state index in [1.165, 1.54) is 4.31 Å². The van der Waals surface area contributed by atoms with Crippen molar-refractivity contribution in [3.63, 3.8) is 0 Å². The topological polar surface area (TPSA) is 91.4 Å². The zero-order valence-electron chi connectivity index (χ0n) is 15.0. The molecule has 0 bridgehead atoms. The molecule has 2 heterocycles. The van der Waals surface area contributed by atoms with E-state index in [0.717, 1.165) is 11.1 Å². The second-order valence-corrected chi connectivity index (χ2v) is 8.33. The summed E-state index contributed by atoms with van der Waals surface area (Å²) in [6, 6.07) is 8.21. The second-order valence-electron chi connectivity index (χ2n) is 6.19. The second kappa shape index (κ2) is 6.95. The van der Waals surface area contributed by atoms with E-state index >= 15 is 0 Å². The van der Waals surface area contributed by atoms with E-state index < -0.39 is 16.1 Å². The molecule has 0 aliphatic carbocycles. The van der Waals surface area contributed by atoms with Crippen molar-refractivity contribution in [3.8, 4) is 0 Å². The van der Waals surface area contributed by atoms with Crippen LogP contribution in [0.1, 0.15) is 18.1 Å². The predicted octanol–water partition coefficient (Wildman–Crippen LogP) is 2.15. The quantitative estimate of drug-likeness (QED) is 0.837. The van der Waals surface area contributed by atoms with Crippen LogP contribution in [0.4, 0.5) is 17.2 Å². The largest absolute Gasteiger partial charge is 0.371 e. The van der Waals surface area contributed by atoms with Gasteiger partial charge in [0.2, 0.25) is 15.9 Å². The highest BCUT2D eigenvalue weighted by molar-refractivity contribution is 7.92. The first kappa shape index (κ1) is 18.2. The number of carbonyl (C=O) groups excluding carboxylic acids is 1. The number of sulfonamides is 1. The summed E-state index contributed by atoms with van der Waals surface area (Å²) in [6.07, 6.45) is 2.04. The molecule has 1 atom stereocenters. The number of aryl methyl sites for hydroxylation is 1. The van der Waals surface area contributed by atoms with E-state index in [4.69, 9.17) is 0 Å². The molecule has 138 valence electrons. The number of pyridine rings is 1. The predicted molar refractivity (Wildman–Crippen MR) is 103 cm³/mol. The van der Waals surface area contributed by atoms with Crippen LogP contribution in [0.2, 0.25) is 0 Å². The lowest BCUT2D eigenvalue weighted by Crippen LogP contribution is -2.46. The Labute approximate surface area is 153 Å². The number of fused-ring (bicyclic) bond motifs is 1. The molecule has 0 spiro atoms. The molecular weight excluding hydrogens is 352 g/mol. The van der Waals surface area contributed by atoms with Crippen molar-refractivity contribution < 1.29 is 13.2 Å². The van der Waals surface area contributed by atoms with Gasteiger partial charge in [-0.25, -0.2) is 13.4 Å². The Hall–Kier alpha value is -2.61. The Morgan fingerprint density at radius 2 is 2.08 bits per heavy atom. The number of hydrogen-bond acceptors (Lipinski definition) is 5. The van der Waals surface area contributed by atoms with E-state index in [0.29, 0.717) is 23.6 Å². The first-order chi connectivity index (χ1) is 12.4. The summed E-state index contributed by atoms with van der Waals surface area (Å²) in [5.74, 6) is 0.0882. The van der Waals surface area contributed by atoms with Crippen LogP contribution in [0.15, 0.2) is 36.5 Å². The molecule has 3 rings (SSSR count). The average Bonchev–Trinajstić information content (AvgIpc) is 3.02. The van der Waals surface area contributed by atoms with Crippen LogP contribution < -0.4 is 14.9 Å². The molecule has 0 saturated carbocycles. The molecule has 8 heteroatoms. The van der Waals surface area contributed by atoms with Crippen LogP contribution in [0.25, 0.3) is 0 Å². The van der Waals surface area contributed by atoms with Gasteiger partial charge < -0.3 is 10.6 Å². The maximum atomic E-state index is 13.0. The maximum absolute atomic E-state index is 13.0. The normalized spacial score (nSPS) is 16.3. The molecule has 1 aromatic carbocycles. The molecule has 1 aromatic heterocycles. The number of anilines is 3. The summed E-state index contributed by atoms with van der Waals surface area (Å²) >= 11 is 0. The van der Waals surface area contributed by atoms with E-state index in [9.17, 15) is 13.2 Å². The number of rotatable bonds is 5. The van der Waals surface area contributed by atoms with Gasteiger partial charge in [-0.15, -0.1) is 0 Å². The first-order valence-electron chi connectivity index (χ1n) is 8.42. The van der Waals surface area contributed by atoms with Gasteiger partial charge in [0, 0.05) is 19.7 Å².